The van der Waals surface area contributed by atoms with Crippen LogP contribution in [0.4, 0.5) is 5.69 Å². The maximum atomic E-state index is 11.4. The van der Waals surface area contributed by atoms with Crippen molar-refractivity contribution in [2.75, 3.05) is 10.6 Å². The summed E-state index contributed by atoms with van der Waals surface area (Å²) >= 11 is 3.27. The van der Waals surface area contributed by atoms with Crippen LogP contribution in [0.5, 0.6) is 0 Å². The smallest absolute Gasteiger partial charge is 0.228 e. The summed E-state index contributed by atoms with van der Waals surface area (Å²) in [7, 11) is 0. The van der Waals surface area contributed by atoms with Gasteiger partial charge < -0.3 is 5.32 Å². The number of benzene rings is 1. The molecule has 1 atom stereocenters. The minimum atomic E-state index is 0.000191. The van der Waals surface area contributed by atoms with Gasteiger partial charge in [0.1, 0.15) is 0 Å². The lowest BCUT2D eigenvalue weighted by atomic mass is 10.2. The van der Waals surface area contributed by atoms with Crippen molar-refractivity contribution in [2.24, 2.45) is 5.92 Å². The lowest BCUT2D eigenvalue weighted by Crippen LogP contribution is -2.21. The number of carbonyl (C=O) groups is 1. The molecule has 1 aromatic rings. The van der Waals surface area contributed by atoms with Gasteiger partial charge in [-0.1, -0.05) is 41.1 Å². The molecule has 2 nitrogen and oxygen atoms in total. The van der Waals surface area contributed by atoms with Crippen LogP contribution in [0, 0.1) is 5.92 Å². The highest BCUT2D eigenvalue weighted by Crippen LogP contribution is 2.08. The molecule has 0 aromatic heterocycles. The number of hydrogen-bond acceptors (Lipinski definition) is 1. The van der Waals surface area contributed by atoms with E-state index in [4.69, 9.17) is 0 Å². The number of nitrogens with one attached hydrogen (secondary N) is 1. The van der Waals surface area contributed by atoms with Crippen molar-refractivity contribution < 1.29 is 4.79 Å². The molecule has 1 unspecified atom stereocenters. The number of amides is 1. The third kappa shape index (κ3) is 3.19. The van der Waals surface area contributed by atoms with Gasteiger partial charge in [0.2, 0.25) is 5.91 Å². The second kappa shape index (κ2) is 5.02. The Morgan fingerprint density at radius 2 is 2.08 bits per heavy atom. The number of rotatable bonds is 3. The summed E-state index contributed by atoms with van der Waals surface area (Å²) in [5.41, 5.74) is 0.848. The molecule has 0 radical (unpaired) electrons. The van der Waals surface area contributed by atoms with E-state index in [1.807, 2.05) is 37.3 Å². The highest BCUT2D eigenvalue weighted by Gasteiger charge is 2.10. The second-order valence-electron chi connectivity index (χ2n) is 2.91. The van der Waals surface area contributed by atoms with Crippen molar-refractivity contribution in [1.29, 1.82) is 0 Å². The predicted molar refractivity (Wildman–Crippen MR) is 58.0 cm³/mol. The van der Waals surface area contributed by atoms with E-state index in [2.05, 4.69) is 21.2 Å². The van der Waals surface area contributed by atoms with Gasteiger partial charge in [-0.15, -0.1) is 0 Å². The Balaban J connectivity index is 2.55. The van der Waals surface area contributed by atoms with Crippen LogP contribution < -0.4 is 5.32 Å². The highest BCUT2D eigenvalue weighted by atomic mass is 79.9. The molecule has 1 N–H and O–H groups in total. The van der Waals surface area contributed by atoms with Crippen LogP contribution in [-0.2, 0) is 4.79 Å². The molecule has 0 fully saturated rings. The molecule has 1 amide bonds. The van der Waals surface area contributed by atoms with Gasteiger partial charge in [0.05, 0.1) is 0 Å². The molecule has 0 saturated carbocycles. The van der Waals surface area contributed by atoms with Crippen LogP contribution in [0.2, 0.25) is 0 Å². The molecule has 0 aliphatic carbocycles. The summed E-state index contributed by atoms with van der Waals surface area (Å²) in [5.74, 6) is 0.0447. The van der Waals surface area contributed by atoms with Crippen LogP contribution in [0.25, 0.3) is 0 Å². The van der Waals surface area contributed by atoms with Crippen LogP contribution in [0.1, 0.15) is 6.92 Å². The van der Waals surface area contributed by atoms with Gasteiger partial charge in [-0.2, -0.15) is 0 Å². The van der Waals surface area contributed by atoms with Crippen LogP contribution >= 0.6 is 15.9 Å². The lowest BCUT2D eigenvalue weighted by molar-refractivity contribution is -0.118. The van der Waals surface area contributed by atoms with Crippen molar-refractivity contribution in [2.45, 2.75) is 6.92 Å². The number of carbonyl (C=O) groups excluding carboxylic acids is 1. The Morgan fingerprint density at radius 3 is 2.62 bits per heavy atom. The van der Waals surface area contributed by atoms with Crippen molar-refractivity contribution in [1.82, 2.24) is 0 Å². The minimum absolute atomic E-state index is 0.000191. The first-order valence-corrected chi connectivity index (χ1v) is 5.28. The van der Waals surface area contributed by atoms with Gasteiger partial charge >= 0.3 is 0 Å². The van der Waals surface area contributed by atoms with Crippen molar-refractivity contribution in [3.05, 3.63) is 30.3 Å². The zero-order valence-corrected chi connectivity index (χ0v) is 9.04. The van der Waals surface area contributed by atoms with Gasteiger partial charge in [0.25, 0.3) is 0 Å². The van der Waals surface area contributed by atoms with E-state index in [9.17, 15) is 4.79 Å². The van der Waals surface area contributed by atoms with E-state index in [1.54, 1.807) is 0 Å². The summed E-state index contributed by atoms with van der Waals surface area (Å²) < 4.78 is 0. The molecule has 0 heterocycles. The third-order valence-corrected chi connectivity index (χ3v) is 2.69. The topological polar surface area (TPSA) is 29.1 Å². The van der Waals surface area contributed by atoms with Crippen LogP contribution in [0.15, 0.2) is 30.3 Å². The maximum absolute atomic E-state index is 11.4. The summed E-state index contributed by atoms with van der Waals surface area (Å²) in [6.07, 6.45) is 0. The first kappa shape index (κ1) is 10.3. The Kier molecular flexibility index (Phi) is 3.96. The van der Waals surface area contributed by atoms with Gasteiger partial charge in [-0.3, -0.25) is 4.79 Å². The van der Waals surface area contributed by atoms with Gasteiger partial charge in [-0.25, -0.2) is 0 Å². The molecule has 70 valence electrons. The largest absolute Gasteiger partial charge is 0.326 e. The number of alkyl halides is 1. The summed E-state index contributed by atoms with van der Waals surface area (Å²) in [6.45, 7) is 1.88. The fourth-order valence-corrected chi connectivity index (χ4v) is 1.15. The number of anilines is 1. The van der Waals surface area contributed by atoms with Gasteiger partial charge in [0.15, 0.2) is 0 Å². The molecule has 0 aliphatic rings. The molecule has 0 saturated heterocycles. The van der Waals surface area contributed by atoms with E-state index in [1.165, 1.54) is 0 Å². The quantitative estimate of drug-likeness (QED) is 0.811. The molecular weight excluding hydrogens is 230 g/mol. The van der Waals surface area contributed by atoms with E-state index in [0.29, 0.717) is 5.33 Å². The van der Waals surface area contributed by atoms with Gasteiger partial charge in [0, 0.05) is 16.9 Å². The Hall–Kier alpha value is -0.830. The first-order chi connectivity index (χ1) is 6.24. The normalized spacial score (nSPS) is 12.2. The second-order valence-corrected chi connectivity index (χ2v) is 3.56. The van der Waals surface area contributed by atoms with E-state index in [0.717, 1.165) is 5.69 Å². The molecule has 3 heteroatoms. The molecule has 1 rings (SSSR count). The van der Waals surface area contributed by atoms with E-state index < -0.39 is 0 Å². The van der Waals surface area contributed by atoms with E-state index >= 15 is 0 Å². The van der Waals surface area contributed by atoms with E-state index in [-0.39, 0.29) is 11.8 Å². The predicted octanol–water partition coefficient (Wildman–Crippen LogP) is 2.66. The summed E-state index contributed by atoms with van der Waals surface area (Å²) in [4.78, 5) is 11.4. The van der Waals surface area contributed by atoms with Crippen molar-refractivity contribution in [3.8, 4) is 0 Å². The fraction of sp³-hybridized carbons (Fsp3) is 0.300. The third-order valence-electron chi connectivity index (χ3n) is 1.72. The monoisotopic (exact) mass is 241 g/mol. The lowest BCUT2D eigenvalue weighted by Gasteiger charge is -2.08. The first-order valence-electron chi connectivity index (χ1n) is 4.16. The fourth-order valence-electron chi connectivity index (χ4n) is 0.857. The molecular formula is C10H12BrNO. The minimum Gasteiger partial charge on any atom is -0.326 e. The zero-order valence-electron chi connectivity index (χ0n) is 7.46. The average Bonchev–Trinajstić information content (AvgIpc) is 2.18. The highest BCUT2D eigenvalue weighted by molar-refractivity contribution is 9.09. The van der Waals surface area contributed by atoms with Crippen molar-refractivity contribution >= 4 is 27.5 Å². The number of halogens is 1. The number of para-hydroxylation sites is 1. The molecule has 13 heavy (non-hydrogen) atoms. The Labute approximate surface area is 86.5 Å². The van der Waals surface area contributed by atoms with Crippen molar-refractivity contribution in [3.63, 3.8) is 0 Å². The average molecular weight is 242 g/mol. The Bertz CT molecular complexity index is 274. The Morgan fingerprint density at radius 1 is 1.46 bits per heavy atom. The molecule has 0 bridgehead atoms. The standard InChI is InChI=1S/C10H12BrNO/c1-8(7-11)10(13)12-9-5-3-2-4-6-9/h2-6,8H,7H2,1H3,(H,12,13). The van der Waals surface area contributed by atoms with Gasteiger partial charge in [-0.05, 0) is 12.1 Å². The van der Waals surface area contributed by atoms with Crippen LogP contribution in [0.3, 0.4) is 0 Å². The summed E-state index contributed by atoms with van der Waals surface area (Å²) in [5, 5.41) is 3.51. The van der Waals surface area contributed by atoms with Crippen LogP contribution in [-0.4, -0.2) is 11.2 Å². The summed E-state index contributed by atoms with van der Waals surface area (Å²) in [6, 6.07) is 9.46. The number of hydrogen-bond donors (Lipinski definition) is 1. The molecule has 1 aromatic carbocycles. The molecule has 0 spiro atoms. The molecule has 0 aliphatic heterocycles. The maximum Gasteiger partial charge on any atom is 0.228 e. The zero-order chi connectivity index (χ0) is 9.68. The SMILES string of the molecule is CC(CBr)C(=O)Nc1ccccc1.